The van der Waals surface area contributed by atoms with Crippen LogP contribution in [0.15, 0.2) is 0 Å². The van der Waals surface area contributed by atoms with E-state index in [9.17, 15) is 9.59 Å². The van der Waals surface area contributed by atoms with Gasteiger partial charge in [-0.1, -0.05) is 117 Å². The summed E-state index contributed by atoms with van der Waals surface area (Å²) in [6.45, 7) is 5.40. The van der Waals surface area contributed by atoms with E-state index in [0.29, 0.717) is 26.1 Å². The quantitative estimate of drug-likeness (QED) is 0.102. The molecule has 0 aromatic heterocycles. The van der Waals surface area contributed by atoms with Crippen LogP contribution in [0.5, 0.6) is 0 Å². The molecule has 0 atom stereocenters. The molecule has 4 nitrogen and oxygen atoms in total. The summed E-state index contributed by atoms with van der Waals surface area (Å²) in [4.78, 5) is 23.0. The number of carbonyl (C=O) groups excluding carboxylic acids is 2. The molecule has 0 amide bonds. The summed E-state index contributed by atoms with van der Waals surface area (Å²) in [6.07, 6.45) is 25.6. The topological polar surface area (TPSA) is 52.6 Å². The van der Waals surface area contributed by atoms with E-state index in [4.69, 9.17) is 9.47 Å². The van der Waals surface area contributed by atoms with Crippen LogP contribution in [-0.2, 0) is 19.1 Å². The van der Waals surface area contributed by atoms with Crippen molar-refractivity contribution in [1.82, 2.24) is 0 Å². The van der Waals surface area contributed by atoms with Gasteiger partial charge in [-0.05, 0) is 25.7 Å². The van der Waals surface area contributed by atoms with Gasteiger partial charge in [0.2, 0.25) is 0 Å². The number of hydrogen-bond acceptors (Lipinski definition) is 4. The van der Waals surface area contributed by atoms with Crippen LogP contribution in [-0.4, -0.2) is 25.2 Å². The normalized spacial score (nSPS) is 10.9. The van der Waals surface area contributed by atoms with Crippen molar-refractivity contribution in [1.29, 1.82) is 0 Å². The Morgan fingerprint density at radius 1 is 0.406 bits per heavy atom. The molecular formula is C28H54O4. The third-order valence-corrected chi connectivity index (χ3v) is 6.03. The van der Waals surface area contributed by atoms with Crippen LogP contribution in [0.2, 0.25) is 0 Å². The molecule has 4 heteroatoms. The summed E-state index contributed by atoms with van der Waals surface area (Å²) in [5, 5.41) is 0. The van der Waals surface area contributed by atoms with E-state index in [1.54, 1.807) is 0 Å². The van der Waals surface area contributed by atoms with Gasteiger partial charge in [-0.15, -0.1) is 0 Å². The standard InChI is InChI=1S/C28H54O4/c1-3-5-25-31-27(29)23-21-19-17-15-13-11-9-7-8-10-12-14-16-18-20-22-24-28(30)32-26-6-4-2/h3-26H2,1-2H3. The predicted octanol–water partition coefficient (Wildman–Crippen LogP) is 8.69. The summed E-state index contributed by atoms with van der Waals surface area (Å²) in [6, 6.07) is 0. The molecular weight excluding hydrogens is 400 g/mol. The van der Waals surface area contributed by atoms with Gasteiger partial charge in [0.1, 0.15) is 0 Å². The van der Waals surface area contributed by atoms with Crippen molar-refractivity contribution in [3.05, 3.63) is 0 Å². The van der Waals surface area contributed by atoms with E-state index in [-0.39, 0.29) is 11.9 Å². The minimum Gasteiger partial charge on any atom is -0.466 e. The van der Waals surface area contributed by atoms with Gasteiger partial charge in [0, 0.05) is 12.8 Å². The lowest BCUT2D eigenvalue weighted by Gasteiger charge is -2.05. The van der Waals surface area contributed by atoms with Crippen molar-refractivity contribution in [3.8, 4) is 0 Å². The van der Waals surface area contributed by atoms with Gasteiger partial charge in [0.05, 0.1) is 13.2 Å². The number of carbonyl (C=O) groups is 2. The molecule has 0 aliphatic carbocycles. The Balaban J connectivity index is 3.13. The highest BCUT2D eigenvalue weighted by Crippen LogP contribution is 2.14. The first kappa shape index (κ1) is 30.9. The highest BCUT2D eigenvalue weighted by molar-refractivity contribution is 5.69. The number of rotatable bonds is 25. The van der Waals surface area contributed by atoms with Crippen LogP contribution in [0.25, 0.3) is 0 Å². The van der Waals surface area contributed by atoms with E-state index >= 15 is 0 Å². The van der Waals surface area contributed by atoms with Crippen LogP contribution in [0.1, 0.15) is 155 Å². The third kappa shape index (κ3) is 25.2. The van der Waals surface area contributed by atoms with Crippen LogP contribution >= 0.6 is 0 Å². The summed E-state index contributed by atoms with van der Waals surface area (Å²) < 4.78 is 10.4. The molecule has 0 radical (unpaired) electrons. The van der Waals surface area contributed by atoms with Gasteiger partial charge in [-0.2, -0.15) is 0 Å². The molecule has 0 fully saturated rings. The molecule has 0 heterocycles. The fourth-order valence-corrected chi connectivity index (χ4v) is 3.82. The molecule has 0 unspecified atom stereocenters. The minimum atomic E-state index is -0.0155. The first-order chi connectivity index (χ1) is 15.7. The smallest absolute Gasteiger partial charge is 0.305 e. The number of unbranched alkanes of at least 4 members (excludes halogenated alkanes) is 17. The molecule has 32 heavy (non-hydrogen) atoms. The molecule has 0 saturated heterocycles. The van der Waals surface area contributed by atoms with Crippen LogP contribution in [0, 0.1) is 0 Å². The van der Waals surface area contributed by atoms with Crippen molar-refractivity contribution in [3.63, 3.8) is 0 Å². The largest absolute Gasteiger partial charge is 0.466 e. The summed E-state index contributed by atoms with van der Waals surface area (Å²) in [5.74, 6) is -0.0311. The predicted molar refractivity (Wildman–Crippen MR) is 135 cm³/mol. The summed E-state index contributed by atoms with van der Waals surface area (Å²) >= 11 is 0. The Labute approximate surface area is 199 Å². The fourth-order valence-electron chi connectivity index (χ4n) is 3.82. The molecule has 190 valence electrons. The molecule has 0 aromatic carbocycles. The van der Waals surface area contributed by atoms with Gasteiger partial charge in [-0.25, -0.2) is 0 Å². The van der Waals surface area contributed by atoms with E-state index in [1.165, 1.54) is 77.0 Å². The van der Waals surface area contributed by atoms with Gasteiger partial charge >= 0.3 is 11.9 Å². The molecule has 0 N–H and O–H groups in total. The molecule has 0 aromatic rings. The fraction of sp³-hybridized carbons (Fsp3) is 0.929. The van der Waals surface area contributed by atoms with Crippen molar-refractivity contribution < 1.29 is 19.1 Å². The maximum atomic E-state index is 11.5. The lowest BCUT2D eigenvalue weighted by molar-refractivity contribution is -0.144. The second-order valence-electron chi connectivity index (χ2n) is 9.30. The SMILES string of the molecule is CCCCOC(=O)CCCCCCCCCCCCCCCCCCC(=O)OCCCC. The first-order valence-electron chi connectivity index (χ1n) is 14.0. The van der Waals surface area contributed by atoms with Crippen molar-refractivity contribution in [2.75, 3.05) is 13.2 Å². The molecule has 0 aliphatic rings. The second-order valence-corrected chi connectivity index (χ2v) is 9.30. The maximum Gasteiger partial charge on any atom is 0.305 e. The van der Waals surface area contributed by atoms with Crippen LogP contribution in [0.3, 0.4) is 0 Å². The van der Waals surface area contributed by atoms with Gasteiger partial charge < -0.3 is 9.47 Å². The summed E-state index contributed by atoms with van der Waals surface area (Å²) in [5.41, 5.74) is 0. The zero-order chi connectivity index (χ0) is 23.5. The van der Waals surface area contributed by atoms with Crippen LogP contribution in [0.4, 0.5) is 0 Å². The van der Waals surface area contributed by atoms with Crippen molar-refractivity contribution in [2.24, 2.45) is 0 Å². The Morgan fingerprint density at radius 3 is 0.906 bits per heavy atom. The molecule has 0 aliphatic heterocycles. The number of ether oxygens (including phenoxy) is 2. The van der Waals surface area contributed by atoms with E-state index < -0.39 is 0 Å². The Kier molecular flexibility index (Phi) is 25.3. The molecule has 0 bridgehead atoms. The third-order valence-electron chi connectivity index (χ3n) is 6.03. The Hall–Kier alpha value is -1.06. The van der Waals surface area contributed by atoms with Gasteiger partial charge in [0.25, 0.3) is 0 Å². The average Bonchev–Trinajstić information content (AvgIpc) is 2.78. The average molecular weight is 455 g/mol. The molecule has 0 rings (SSSR count). The van der Waals surface area contributed by atoms with E-state index in [1.807, 2.05) is 0 Å². The Bertz CT molecular complexity index is 370. The maximum absolute atomic E-state index is 11.5. The number of esters is 2. The number of hydrogen-bond donors (Lipinski definition) is 0. The highest BCUT2D eigenvalue weighted by atomic mass is 16.5. The van der Waals surface area contributed by atoms with Crippen molar-refractivity contribution >= 4 is 11.9 Å². The van der Waals surface area contributed by atoms with E-state index in [0.717, 1.165) is 51.4 Å². The van der Waals surface area contributed by atoms with E-state index in [2.05, 4.69) is 13.8 Å². The first-order valence-corrected chi connectivity index (χ1v) is 14.0. The van der Waals surface area contributed by atoms with Crippen molar-refractivity contribution in [2.45, 2.75) is 155 Å². The monoisotopic (exact) mass is 454 g/mol. The Morgan fingerprint density at radius 2 is 0.656 bits per heavy atom. The van der Waals surface area contributed by atoms with Gasteiger partial charge in [0.15, 0.2) is 0 Å². The van der Waals surface area contributed by atoms with Gasteiger partial charge in [-0.3, -0.25) is 9.59 Å². The molecule has 0 spiro atoms. The summed E-state index contributed by atoms with van der Waals surface area (Å²) in [7, 11) is 0. The zero-order valence-electron chi connectivity index (χ0n) is 21.6. The molecule has 0 saturated carbocycles. The zero-order valence-corrected chi connectivity index (χ0v) is 21.6. The second kappa shape index (κ2) is 26.2. The lowest BCUT2D eigenvalue weighted by atomic mass is 10.0. The van der Waals surface area contributed by atoms with Crippen LogP contribution < -0.4 is 0 Å². The minimum absolute atomic E-state index is 0.0155. The lowest BCUT2D eigenvalue weighted by Crippen LogP contribution is -2.05. The highest BCUT2D eigenvalue weighted by Gasteiger charge is 2.03.